The molecule has 3 rings (SSSR count). The van der Waals surface area contributed by atoms with Crippen molar-refractivity contribution in [3.8, 4) is 0 Å². The molecule has 0 aliphatic carbocycles. The number of imidazole rings is 1. The van der Waals surface area contributed by atoms with Gasteiger partial charge in [0, 0.05) is 23.9 Å². The molecule has 19 heavy (non-hydrogen) atoms. The first-order valence-corrected chi connectivity index (χ1v) is 7.40. The summed E-state index contributed by atoms with van der Waals surface area (Å²) < 4.78 is 2.25. The number of para-hydroxylation sites is 2. The van der Waals surface area contributed by atoms with Gasteiger partial charge in [-0.25, -0.2) is 4.98 Å². The Morgan fingerprint density at radius 2 is 2.11 bits per heavy atom. The SMILES string of the molecule is CCn1c(CC(N)c2cccs2)nc2ccccc21. The van der Waals surface area contributed by atoms with Crippen molar-refractivity contribution in [1.29, 1.82) is 0 Å². The van der Waals surface area contributed by atoms with Crippen LogP contribution in [0.2, 0.25) is 0 Å². The molecule has 1 aromatic carbocycles. The van der Waals surface area contributed by atoms with Crippen molar-refractivity contribution in [1.82, 2.24) is 9.55 Å². The Kier molecular flexibility index (Phi) is 3.36. The summed E-state index contributed by atoms with van der Waals surface area (Å²) in [6.45, 7) is 3.07. The number of benzene rings is 1. The van der Waals surface area contributed by atoms with E-state index in [1.165, 1.54) is 10.4 Å². The van der Waals surface area contributed by atoms with Gasteiger partial charge in [-0.3, -0.25) is 0 Å². The standard InChI is InChI=1S/C15H17N3S/c1-2-18-13-7-4-3-6-12(13)17-15(18)10-11(16)14-8-5-9-19-14/h3-9,11H,2,10,16H2,1H3. The minimum Gasteiger partial charge on any atom is -0.328 e. The molecule has 1 atom stereocenters. The lowest BCUT2D eigenvalue weighted by molar-refractivity contribution is 0.644. The van der Waals surface area contributed by atoms with Gasteiger partial charge in [0.2, 0.25) is 0 Å². The molecule has 3 aromatic rings. The van der Waals surface area contributed by atoms with Crippen LogP contribution in [0.4, 0.5) is 0 Å². The van der Waals surface area contributed by atoms with Crippen LogP contribution in [0.5, 0.6) is 0 Å². The number of rotatable bonds is 4. The van der Waals surface area contributed by atoms with Crippen molar-refractivity contribution >= 4 is 22.4 Å². The zero-order valence-electron chi connectivity index (χ0n) is 10.9. The summed E-state index contributed by atoms with van der Waals surface area (Å²) >= 11 is 1.71. The number of aromatic nitrogens is 2. The largest absolute Gasteiger partial charge is 0.328 e. The molecule has 2 N–H and O–H groups in total. The summed E-state index contributed by atoms with van der Waals surface area (Å²) in [7, 11) is 0. The molecule has 2 aromatic heterocycles. The first-order valence-electron chi connectivity index (χ1n) is 6.52. The number of hydrogen-bond donors (Lipinski definition) is 1. The van der Waals surface area contributed by atoms with E-state index in [1.807, 2.05) is 12.1 Å². The lowest BCUT2D eigenvalue weighted by Crippen LogP contribution is -2.15. The van der Waals surface area contributed by atoms with E-state index in [2.05, 4.69) is 41.1 Å². The van der Waals surface area contributed by atoms with Gasteiger partial charge in [0.05, 0.1) is 11.0 Å². The number of nitrogens with two attached hydrogens (primary N) is 1. The molecule has 2 heterocycles. The molecule has 0 aliphatic heterocycles. The summed E-state index contributed by atoms with van der Waals surface area (Å²) in [5.74, 6) is 1.07. The molecule has 0 saturated heterocycles. The van der Waals surface area contributed by atoms with Crippen LogP contribution in [0.3, 0.4) is 0 Å². The number of hydrogen-bond acceptors (Lipinski definition) is 3. The van der Waals surface area contributed by atoms with E-state index in [9.17, 15) is 0 Å². The Balaban J connectivity index is 1.96. The second-order valence-electron chi connectivity index (χ2n) is 4.59. The Labute approximate surface area is 116 Å². The smallest absolute Gasteiger partial charge is 0.111 e. The second-order valence-corrected chi connectivity index (χ2v) is 5.57. The maximum Gasteiger partial charge on any atom is 0.111 e. The van der Waals surface area contributed by atoms with Gasteiger partial charge in [-0.05, 0) is 30.5 Å². The first-order chi connectivity index (χ1) is 9.29. The molecule has 0 aliphatic rings. The minimum atomic E-state index is 0.0297. The number of aryl methyl sites for hydroxylation is 1. The average Bonchev–Trinajstić information content (AvgIpc) is 3.05. The average molecular weight is 271 g/mol. The molecule has 0 spiro atoms. The molecule has 1 unspecified atom stereocenters. The van der Waals surface area contributed by atoms with Crippen LogP contribution in [0, 0.1) is 0 Å². The molecule has 98 valence electrons. The molecule has 0 fully saturated rings. The summed E-state index contributed by atoms with van der Waals surface area (Å²) in [6, 6.07) is 12.4. The fourth-order valence-corrected chi connectivity index (χ4v) is 3.16. The zero-order chi connectivity index (χ0) is 13.2. The van der Waals surface area contributed by atoms with Crippen molar-refractivity contribution < 1.29 is 0 Å². The lowest BCUT2D eigenvalue weighted by atomic mass is 10.2. The van der Waals surface area contributed by atoms with Crippen molar-refractivity contribution in [2.24, 2.45) is 5.73 Å². The summed E-state index contributed by atoms with van der Waals surface area (Å²) in [5.41, 5.74) is 8.52. The van der Waals surface area contributed by atoms with Crippen molar-refractivity contribution in [2.75, 3.05) is 0 Å². The predicted molar refractivity (Wildman–Crippen MR) is 80.4 cm³/mol. The molecule has 0 amide bonds. The number of fused-ring (bicyclic) bond motifs is 1. The van der Waals surface area contributed by atoms with E-state index in [-0.39, 0.29) is 6.04 Å². The quantitative estimate of drug-likeness (QED) is 0.790. The highest BCUT2D eigenvalue weighted by molar-refractivity contribution is 7.10. The van der Waals surface area contributed by atoms with Gasteiger partial charge < -0.3 is 10.3 Å². The monoisotopic (exact) mass is 271 g/mol. The van der Waals surface area contributed by atoms with Crippen LogP contribution in [0.15, 0.2) is 41.8 Å². The van der Waals surface area contributed by atoms with E-state index in [4.69, 9.17) is 10.7 Å². The van der Waals surface area contributed by atoms with Gasteiger partial charge in [0.25, 0.3) is 0 Å². The Bertz CT molecular complexity index is 670. The van der Waals surface area contributed by atoms with Gasteiger partial charge in [-0.15, -0.1) is 11.3 Å². The fraction of sp³-hybridized carbons (Fsp3) is 0.267. The lowest BCUT2D eigenvalue weighted by Gasteiger charge is -2.11. The number of nitrogens with zero attached hydrogens (tertiary/aromatic N) is 2. The number of thiophene rings is 1. The summed E-state index contributed by atoms with van der Waals surface area (Å²) in [6.07, 6.45) is 0.781. The maximum absolute atomic E-state index is 6.27. The van der Waals surface area contributed by atoms with Crippen LogP contribution in [-0.2, 0) is 13.0 Å². The molecular weight excluding hydrogens is 254 g/mol. The Morgan fingerprint density at radius 1 is 1.26 bits per heavy atom. The Hall–Kier alpha value is -1.65. The van der Waals surface area contributed by atoms with E-state index in [0.29, 0.717) is 0 Å². The van der Waals surface area contributed by atoms with Crippen molar-refractivity contribution in [3.63, 3.8) is 0 Å². The minimum absolute atomic E-state index is 0.0297. The van der Waals surface area contributed by atoms with Crippen LogP contribution in [0.25, 0.3) is 11.0 Å². The maximum atomic E-state index is 6.27. The summed E-state index contributed by atoms with van der Waals surface area (Å²) in [5, 5.41) is 2.07. The highest BCUT2D eigenvalue weighted by Gasteiger charge is 2.14. The van der Waals surface area contributed by atoms with E-state index >= 15 is 0 Å². The summed E-state index contributed by atoms with van der Waals surface area (Å²) in [4.78, 5) is 5.94. The normalized spacial score (nSPS) is 12.9. The first kappa shape index (κ1) is 12.4. The molecule has 3 nitrogen and oxygen atoms in total. The Morgan fingerprint density at radius 3 is 2.84 bits per heavy atom. The third kappa shape index (κ3) is 2.29. The third-order valence-corrected chi connectivity index (χ3v) is 4.37. The van der Waals surface area contributed by atoms with Gasteiger partial charge in [0.15, 0.2) is 0 Å². The third-order valence-electron chi connectivity index (χ3n) is 3.36. The van der Waals surface area contributed by atoms with E-state index in [1.54, 1.807) is 11.3 Å². The van der Waals surface area contributed by atoms with Gasteiger partial charge in [-0.2, -0.15) is 0 Å². The predicted octanol–water partition coefficient (Wildman–Crippen LogP) is 3.36. The fourth-order valence-electron chi connectivity index (χ4n) is 2.43. The molecular formula is C15H17N3S. The van der Waals surface area contributed by atoms with Gasteiger partial charge in [-0.1, -0.05) is 18.2 Å². The molecule has 0 bridgehead atoms. The second kappa shape index (κ2) is 5.15. The highest BCUT2D eigenvalue weighted by atomic mass is 32.1. The highest BCUT2D eigenvalue weighted by Crippen LogP contribution is 2.23. The topological polar surface area (TPSA) is 43.8 Å². The van der Waals surface area contributed by atoms with E-state index < -0.39 is 0 Å². The molecule has 0 radical (unpaired) electrons. The van der Waals surface area contributed by atoms with E-state index in [0.717, 1.165) is 24.3 Å². The zero-order valence-corrected chi connectivity index (χ0v) is 11.7. The molecule has 0 saturated carbocycles. The molecule has 4 heteroatoms. The van der Waals surface area contributed by atoms with Gasteiger partial charge >= 0.3 is 0 Å². The van der Waals surface area contributed by atoms with Crippen LogP contribution >= 0.6 is 11.3 Å². The van der Waals surface area contributed by atoms with Crippen LogP contribution in [-0.4, -0.2) is 9.55 Å². The van der Waals surface area contributed by atoms with Gasteiger partial charge in [0.1, 0.15) is 5.82 Å². The van der Waals surface area contributed by atoms with Crippen LogP contribution < -0.4 is 5.73 Å². The van der Waals surface area contributed by atoms with Crippen molar-refractivity contribution in [2.45, 2.75) is 25.9 Å². The van der Waals surface area contributed by atoms with Crippen LogP contribution in [0.1, 0.15) is 23.7 Å². The van der Waals surface area contributed by atoms with Crippen molar-refractivity contribution in [3.05, 3.63) is 52.5 Å².